The minimum Gasteiger partial charge on any atom is -0.444 e. The molecule has 1 N–H and O–H groups in total. The van der Waals surface area contributed by atoms with Crippen molar-refractivity contribution in [2.75, 3.05) is 19.7 Å². The van der Waals surface area contributed by atoms with Crippen LogP contribution < -0.4 is 0 Å². The molecule has 0 spiro atoms. The summed E-state index contributed by atoms with van der Waals surface area (Å²) in [5, 5.41) is 8.86. The first-order chi connectivity index (χ1) is 9.72. The van der Waals surface area contributed by atoms with E-state index < -0.39 is 0 Å². The Morgan fingerprint density at radius 1 is 1.30 bits per heavy atom. The van der Waals surface area contributed by atoms with Gasteiger partial charge in [-0.25, -0.2) is 9.37 Å². The Morgan fingerprint density at radius 2 is 2.05 bits per heavy atom. The molecule has 0 aliphatic rings. The van der Waals surface area contributed by atoms with E-state index in [1.165, 1.54) is 12.1 Å². The lowest BCUT2D eigenvalue weighted by Crippen LogP contribution is -2.24. The third-order valence-electron chi connectivity index (χ3n) is 3.11. The molecule has 0 radical (unpaired) electrons. The number of oxazole rings is 1. The number of rotatable bonds is 7. The zero-order chi connectivity index (χ0) is 14.4. The van der Waals surface area contributed by atoms with Crippen LogP contribution in [0.15, 0.2) is 34.9 Å². The highest BCUT2D eigenvalue weighted by Gasteiger charge is 2.10. The van der Waals surface area contributed by atoms with E-state index in [9.17, 15) is 4.39 Å². The van der Waals surface area contributed by atoms with Crippen LogP contribution in [0.1, 0.15) is 19.0 Å². The van der Waals surface area contributed by atoms with Crippen molar-refractivity contribution in [1.29, 1.82) is 0 Å². The van der Waals surface area contributed by atoms with Crippen molar-refractivity contribution in [1.82, 2.24) is 9.88 Å². The number of nitrogens with zero attached hydrogens (tertiary/aromatic N) is 2. The van der Waals surface area contributed by atoms with Gasteiger partial charge in [0.05, 0.1) is 5.69 Å². The first kappa shape index (κ1) is 14.7. The standard InChI is InChI=1S/C15H19FN2O2/c1-2-18(8-3-9-19)10-14-11-20-15(17-14)12-4-6-13(16)7-5-12/h4-7,11,19H,2-3,8-10H2,1H3. The third kappa shape index (κ3) is 3.88. The van der Waals surface area contributed by atoms with Crippen molar-refractivity contribution in [3.63, 3.8) is 0 Å². The molecule has 0 aliphatic carbocycles. The Kier molecular flexibility index (Phi) is 5.26. The molecule has 0 saturated carbocycles. The summed E-state index contributed by atoms with van der Waals surface area (Å²) < 4.78 is 18.3. The molecule has 5 heteroatoms. The highest BCUT2D eigenvalue weighted by atomic mass is 19.1. The second-order valence-electron chi connectivity index (χ2n) is 4.60. The van der Waals surface area contributed by atoms with E-state index in [2.05, 4.69) is 16.8 Å². The van der Waals surface area contributed by atoms with Crippen LogP contribution in [0, 0.1) is 5.82 Å². The first-order valence-electron chi connectivity index (χ1n) is 6.76. The van der Waals surface area contributed by atoms with Gasteiger partial charge >= 0.3 is 0 Å². The Bertz CT molecular complexity index is 525. The number of halogens is 1. The van der Waals surface area contributed by atoms with Crippen molar-refractivity contribution < 1.29 is 13.9 Å². The van der Waals surface area contributed by atoms with Gasteiger partial charge in [-0.1, -0.05) is 6.92 Å². The van der Waals surface area contributed by atoms with Crippen LogP contribution in [-0.2, 0) is 6.54 Å². The molecule has 2 aromatic rings. The van der Waals surface area contributed by atoms with Gasteiger partial charge in [-0.2, -0.15) is 0 Å². The quantitative estimate of drug-likeness (QED) is 0.846. The molecule has 20 heavy (non-hydrogen) atoms. The lowest BCUT2D eigenvalue weighted by atomic mass is 10.2. The molecule has 0 saturated heterocycles. The second-order valence-corrected chi connectivity index (χ2v) is 4.60. The molecule has 108 valence electrons. The molecule has 4 nitrogen and oxygen atoms in total. The van der Waals surface area contributed by atoms with Crippen LogP contribution in [0.2, 0.25) is 0 Å². The van der Waals surface area contributed by atoms with E-state index >= 15 is 0 Å². The average molecular weight is 278 g/mol. The lowest BCUT2D eigenvalue weighted by molar-refractivity contribution is 0.224. The summed E-state index contributed by atoms with van der Waals surface area (Å²) in [6.45, 7) is 4.65. The van der Waals surface area contributed by atoms with E-state index in [0.717, 1.165) is 30.8 Å². The van der Waals surface area contributed by atoms with Crippen LogP contribution in [-0.4, -0.2) is 34.7 Å². The zero-order valence-corrected chi connectivity index (χ0v) is 11.6. The molecular formula is C15H19FN2O2. The summed E-state index contributed by atoms with van der Waals surface area (Å²) >= 11 is 0. The Balaban J connectivity index is 2.02. The Morgan fingerprint density at radius 3 is 2.70 bits per heavy atom. The van der Waals surface area contributed by atoms with E-state index in [1.807, 2.05) is 0 Å². The smallest absolute Gasteiger partial charge is 0.226 e. The normalized spacial score (nSPS) is 11.2. The largest absolute Gasteiger partial charge is 0.444 e. The fourth-order valence-corrected chi connectivity index (χ4v) is 1.98. The predicted molar refractivity (Wildman–Crippen MR) is 74.6 cm³/mol. The Labute approximate surface area is 117 Å². The summed E-state index contributed by atoms with van der Waals surface area (Å²) in [5.41, 5.74) is 1.60. The second kappa shape index (κ2) is 7.17. The number of aliphatic hydroxyl groups is 1. The fourth-order valence-electron chi connectivity index (χ4n) is 1.98. The molecule has 0 fully saturated rings. The van der Waals surface area contributed by atoms with Crippen LogP contribution in [0.25, 0.3) is 11.5 Å². The van der Waals surface area contributed by atoms with E-state index in [-0.39, 0.29) is 12.4 Å². The van der Waals surface area contributed by atoms with Gasteiger partial charge in [0, 0.05) is 25.3 Å². The van der Waals surface area contributed by atoms with Crippen molar-refractivity contribution in [2.24, 2.45) is 0 Å². The van der Waals surface area contributed by atoms with Gasteiger partial charge in [-0.05, 0) is 37.2 Å². The van der Waals surface area contributed by atoms with Crippen molar-refractivity contribution >= 4 is 0 Å². The van der Waals surface area contributed by atoms with Gasteiger partial charge in [-0.15, -0.1) is 0 Å². The van der Waals surface area contributed by atoms with Gasteiger partial charge in [0.1, 0.15) is 12.1 Å². The van der Waals surface area contributed by atoms with Crippen LogP contribution in [0.4, 0.5) is 4.39 Å². The maximum Gasteiger partial charge on any atom is 0.226 e. The van der Waals surface area contributed by atoms with Gasteiger partial charge in [0.2, 0.25) is 5.89 Å². The number of hydrogen-bond donors (Lipinski definition) is 1. The first-order valence-corrected chi connectivity index (χ1v) is 6.76. The van der Waals surface area contributed by atoms with Crippen LogP contribution >= 0.6 is 0 Å². The fraction of sp³-hybridized carbons (Fsp3) is 0.400. The van der Waals surface area contributed by atoms with E-state index in [4.69, 9.17) is 9.52 Å². The van der Waals surface area contributed by atoms with E-state index in [0.29, 0.717) is 12.4 Å². The number of hydrogen-bond acceptors (Lipinski definition) is 4. The maximum atomic E-state index is 12.9. The molecule has 1 heterocycles. The highest BCUT2D eigenvalue weighted by Crippen LogP contribution is 2.19. The molecule has 0 aliphatic heterocycles. The molecule has 2 rings (SSSR count). The topological polar surface area (TPSA) is 49.5 Å². The van der Waals surface area contributed by atoms with Crippen molar-refractivity contribution in [2.45, 2.75) is 19.9 Å². The molecule has 0 amide bonds. The number of aromatic nitrogens is 1. The third-order valence-corrected chi connectivity index (χ3v) is 3.11. The zero-order valence-electron chi connectivity index (χ0n) is 11.6. The Hall–Kier alpha value is -1.72. The monoisotopic (exact) mass is 278 g/mol. The predicted octanol–water partition coefficient (Wildman–Crippen LogP) is 2.69. The summed E-state index contributed by atoms with van der Waals surface area (Å²) in [4.78, 5) is 6.60. The van der Waals surface area contributed by atoms with Crippen molar-refractivity contribution in [3.8, 4) is 11.5 Å². The van der Waals surface area contributed by atoms with Crippen molar-refractivity contribution in [3.05, 3.63) is 42.0 Å². The lowest BCUT2D eigenvalue weighted by Gasteiger charge is -2.17. The number of benzene rings is 1. The summed E-state index contributed by atoms with van der Waals surface area (Å²) in [7, 11) is 0. The minimum absolute atomic E-state index is 0.191. The SMILES string of the molecule is CCN(CCCO)Cc1coc(-c2ccc(F)cc2)n1. The van der Waals surface area contributed by atoms with Crippen LogP contribution in [0.5, 0.6) is 0 Å². The highest BCUT2D eigenvalue weighted by molar-refractivity contribution is 5.52. The van der Waals surface area contributed by atoms with Gasteiger partial charge in [0.15, 0.2) is 0 Å². The maximum absolute atomic E-state index is 12.9. The van der Waals surface area contributed by atoms with E-state index in [1.54, 1.807) is 18.4 Å². The molecular weight excluding hydrogens is 259 g/mol. The molecule has 1 aromatic heterocycles. The van der Waals surface area contributed by atoms with Gasteiger partial charge in [0.25, 0.3) is 0 Å². The number of aliphatic hydroxyl groups excluding tert-OH is 1. The summed E-state index contributed by atoms with van der Waals surface area (Å²) in [6, 6.07) is 6.07. The van der Waals surface area contributed by atoms with Gasteiger partial charge in [-0.3, -0.25) is 4.90 Å². The van der Waals surface area contributed by atoms with Gasteiger partial charge < -0.3 is 9.52 Å². The molecule has 1 aromatic carbocycles. The average Bonchev–Trinajstić information content (AvgIpc) is 2.92. The summed E-state index contributed by atoms with van der Waals surface area (Å²) in [6.07, 6.45) is 2.37. The molecule has 0 atom stereocenters. The molecule has 0 bridgehead atoms. The minimum atomic E-state index is -0.276. The van der Waals surface area contributed by atoms with Crippen LogP contribution in [0.3, 0.4) is 0 Å². The summed E-state index contributed by atoms with van der Waals surface area (Å²) in [5.74, 6) is 0.222. The molecule has 0 unspecified atom stereocenters.